The van der Waals surface area contributed by atoms with Crippen LogP contribution in [0.5, 0.6) is 5.75 Å². The third-order valence-electron chi connectivity index (χ3n) is 1.87. The third-order valence-corrected chi connectivity index (χ3v) is 2.36. The van der Waals surface area contributed by atoms with Crippen molar-refractivity contribution in [1.29, 1.82) is 0 Å². The van der Waals surface area contributed by atoms with E-state index in [1.165, 1.54) is 30.7 Å². The number of hydrogen-bond acceptors (Lipinski definition) is 4. The summed E-state index contributed by atoms with van der Waals surface area (Å²) in [5, 5.41) is 0. The molecule has 4 nitrogen and oxygen atoms in total. The van der Waals surface area contributed by atoms with Gasteiger partial charge >= 0.3 is 5.97 Å². The summed E-state index contributed by atoms with van der Waals surface area (Å²) in [7, 11) is 0. The molecule has 0 aliphatic rings. The van der Waals surface area contributed by atoms with Gasteiger partial charge in [0, 0.05) is 16.9 Å². The van der Waals surface area contributed by atoms with Crippen molar-refractivity contribution >= 4 is 21.9 Å². The predicted octanol–water partition coefficient (Wildman–Crippen LogP) is 2.60. The number of nitrogens with zero attached hydrogens (tertiary/aromatic N) is 2. The quantitative estimate of drug-likeness (QED) is 0.631. The van der Waals surface area contributed by atoms with Crippen molar-refractivity contribution in [3.63, 3.8) is 0 Å². The molecule has 0 atom stereocenters. The lowest BCUT2D eigenvalue weighted by Gasteiger charge is -2.04. The van der Waals surface area contributed by atoms with Crippen molar-refractivity contribution in [3.8, 4) is 5.75 Å². The van der Waals surface area contributed by atoms with Crippen LogP contribution < -0.4 is 4.74 Å². The highest BCUT2D eigenvalue weighted by atomic mass is 79.9. The van der Waals surface area contributed by atoms with Crippen molar-refractivity contribution in [1.82, 2.24) is 9.97 Å². The lowest BCUT2D eigenvalue weighted by molar-refractivity contribution is 0.0721. The van der Waals surface area contributed by atoms with Gasteiger partial charge in [-0.2, -0.15) is 0 Å². The maximum Gasteiger partial charge on any atom is 0.364 e. The molecule has 2 rings (SSSR count). The molecule has 0 aliphatic carbocycles. The Morgan fingerprint density at radius 3 is 2.82 bits per heavy atom. The zero-order valence-electron chi connectivity index (χ0n) is 8.43. The molecule has 1 aromatic heterocycles. The summed E-state index contributed by atoms with van der Waals surface area (Å²) in [4.78, 5) is 19.0. The number of aromatic nitrogens is 2. The van der Waals surface area contributed by atoms with E-state index >= 15 is 0 Å². The standard InChI is InChI=1S/C11H6BrFN2O2/c12-7-1-2-10(8(13)5-7)17-11(16)9-6-14-3-4-15-9/h1-6H. The monoisotopic (exact) mass is 296 g/mol. The zero-order valence-corrected chi connectivity index (χ0v) is 10.0. The molecule has 0 fully saturated rings. The van der Waals surface area contributed by atoms with E-state index in [2.05, 4.69) is 25.9 Å². The number of benzene rings is 1. The largest absolute Gasteiger partial charge is 0.419 e. The molecule has 0 saturated carbocycles. The summed E-state index contributed by atoms with van der Waals surface area (Å²) in [6.45, 7) is 0. The normalized spacial score (nSPS) is 10.0. The van der Waals surface area contributed by atoms with Gasteiger partial charge in [-0.15, -0.1) is 0 Å². The van der Waals surface area contributed by atoms with Crippen molar-refractivity contribution in [2.24, 2.45) is 0 Å². The number of carbonyl (C=O) groups is 1. The van der Waals surface area contributed by atoms with Crippen LogP contribution in [0.2, 0.25) is 0 Å². The predicted molar refractivity (Wildman–Crippen MR) is 61.1 cm³/mol. The highest BCUT2D eigenvalue weighted by molar-refractivity contribution is 9.10. The van der Waals surface area contributed by atoms with E-state index in [4.69, 9.17) is 4.74 Å². The van der Waals surface area contributed by atoms with Gasteiger partial charge in [0.05, 0.1) is 6.20 Å². The van der Waals surface area contributed by atoms with E-state index in [9.17, 15) is 9.18 Å². The smallest absolute Gasteiger partial charge is 0.364 e. The molecular weight excluding hydrogens is 291 g/mol. The fourth-order valence-corrected chi connectivity index (χ4v) is 1.45. The van der Waals surface area contributed by atoms with E-state index in [1.807, 2.05) is 0 Å². The maximum atomic E-state index is 13.4. The SMILES string of the molecule is O=C(Oc1ccc(Br)cc1F)c1cnccn1. The Bertz CT molecular complexity index is 548. The molecule has 17 heavy (non-hydrogen) atoms. The van der Waals surface area contributed by atoms with E-state index < -0.39 is 11.8 Å². The van der Waals surface area contributed by atoms with Crippen LogP contribution in [0.15, 0.2) is 41.3 Å². The van der Waals surface area contributed by atoms with Gasteiger partial charge < -0.3 is 4.74 Å². The highest BCUT2D eigenvalue weighted by Crippen LogP contribution is 2.21. The number of ether oxygens (including phenoxy) is 1. The van der Waals surface area contributed by atoms with Crippen LogP contribution in [0.4, 0.5) is 4.39 Å². The van der Waals surface area contributed by atoms with Crippen LogP contribution in [0.25, 0.3) is 0 Å². The Morgan fingerprint density at radius 1 is 1.35 bits per heavy atom. The van der Waals surface area contributed by atoms with Crippen LogP contribution >= 0.6 is 15.9 Å². The number of hydrogen-bond donors (Lipinski definition) is 0. The molecule has 0 N–H and O–H groups in total. The highest BCUT2D eigenvalue weighted by Gasteiger charge is 2.13. The molecule has 0 unspecified atom stereocenters. The van der Waals surface area contributed by atoms with E-state index in [0.29, 0.717) is 4.47 Å². The molecule has 1 aromatic carbocycles. The van der Waals surface area contributed by atoms with E-state index in [1.54, 1.807) is 6.07 Å². The lowest BCUT2D eigenvalue weighted by Crippen LogP contribution is -2.11. The Morgan fingerprint density at radius 2 is 2.18 bits per heavy atom. The van der Waals surface area contributed by atoms with Crippen LogP contribution in [0.3, 0.4) is 0 Å². The second-order valence-electron chi connectivity index (χ2n) is 3.05. The van der Waals surface area contributed by atoms with Crippen LogP contribution in [0.1, 0.15) is 10.5 Å². The maximum absolute atomic E-state index is 13.4. The summed E-state index contributed by atoms with van der Waals surface area (Å²) in [6.07, 6.45) is 4.03. The zero-order chi connectivity index (χ0) is 12.3. The molecule has 1 heterocycles. The number of rotatable bonds is 2. The first-order valence-electron chi connectivity index (χ1n) is 4.60. The fraction of sp³-hybridized carbons (Fsp3) is 0. The average molecular weight is 297 g/mol. The summed E-state index contributed by atoms with van der Waals surface area (Å²) < 4.78 is 18.8. The molecular formula is C11H6BrFN2O2. The molecule has 0 spiro atoms. The minimum atomic E-state index is -0.751. The summed E-state index contributed by atoms with van der Waals surface area (Å²) in [6, 6.07) is 4.13. The second-order valence-corrected chi connectivity index (χ2v) is 3.97. The van der Waals surface area contributed by atoms with Gasteiger partial charge in [-0.1, -0.05) is 15.9 Å². The molecule has 86 valence electrons. The Kier molecular flexibility index (Phi) is 3.43. The topological polar surface area (TPSA) is 52.1 Å². The first kappa shape index (κ1) is 11.7. The summed E-state index contributed by atoms with van der Waals surface area (Å²) in [5.41, 5.74) is 0.0230. The van der Waals surface area contributed by atoms with Crippen molar-refractivity contribution < 1.29 is 13.9 Å². The molecule has 0 saturated heterocycles. The first-order chi connectivity index (χ1) is 8.16. The lowest BCUT2D eigenvalue weighted by atomic mass is 10.3. The summed E-state index contributed by atoms with van der Waals surface area (Å²) >= 11 is 3.10. The molecule has 2 aromatic rings. The molecule has 0 amide bonds. The van der Waals surface area contributed by atoms with Crippen molar-refractivity contribution in [2.75, 3.05) is 0 Å². The van der Waals surface area contributed by atoms with Gasteiger partial charge in [-0.3, -0.25) is 4.98 Å². The molecule has 0 bridgehead atoms. The first-order valence-corrected chi connectivity index (χ1v) is 5.39. The Balaban J connectivity index is 2.19. The third kappa shape index (κ3) is 2.85. The van der Waals surface area contributed by atoms with Crippen molar-refractivity contribution in [2.45, 2.75) is 0 Å². The molecule has 6 heteroatoms. The number of carbonyl (C=O) groups excluding carboxylic acids is 1. The van der Waals surface area contributed by atoms with Gasteiger partial charge in [-0.05, 0) is 18.2 Å². The van der Waals surface area contributed by atoms with Gasteiger partial charge in [0.25, 0.3) is 0 Å². The number of esters is 1. The van der Waals surface area contributed by atoms with E-state index in [-0.39, 0.29) is 11.4 Å². The summed E-state index contributed by atoms with van der Waals surface area (Å²) in [5.74, 6) is -1.53. The molecule has 0 aliphatic heterocycles. The molecule has 0 radical (unpaired) electrons. The van der Waals surface area contributed by atoms with Crippen LogP contribution in [-0.2, 0) is 0 Å². The van der Waals surface area contributed by atoms with Gasteiger partial charge in [-0.25, -0.2) is 14.2 Å². The van der Waals surface area contributed by atoms with Gasteiger partial charge in [0.2, 0.25) is 0 Å². The fourth-order valence-electron chi connectivity index (χ4n) is 1.11. The minimum absolute atomic E-state index is 0.0230. The average Bonchev–Trinajstić information content (AvgIpc) is 2.34. The van der Waals surface area contributed by atoms with E-state index in [0.717, 1.165) is 0 Å². The van der Waals surface area contributed by atoms with Crippen LogP contribution in [0, 0.1) is 5.82 Å². The second kappa shape index (κ2) is 5.01. The van der Waals surface area contributed by atoms with Crippen LogP contribution in [-0.4, -0.2) is 15.9 Å². The van der Waals surface area contributed by atoms with Gasteiger partial charge in [0.15, 0.2) is 17.3 Å². The van der Waals surface area contributed by atoms with Crippen molar-refractivity contribution in [3.05, 3.63) is 52.8 Å². The number of halogens is 2. The minimum Gasteiger partial charge on any atom is -0.419 e. The Labute approximate surface area is 105 Å². The van der Waals surface area contributed by atoms with Gasteiger partial charge in [0.1, 0.15) is 0 Å². The Hall–Kier alpha value is -1.82.